The monoisotopic (exact) mass is 405 g/mol. The minimum atomic E-state index is -0.366. The predicted octanol–water partition coefficient (Wildman–Crippen LogP) is 3.77. The van der Waals surface area contributed by atoms with Crippen molar-refractivity contribution in [3.05, 3.63) is 52.6 Å². The summed E-state index contributed by atoms with van der Waals surface area (Å²) >= 11 is 5.88. The van der Waals surface area contributed by atoms with Crippen LogP contribution in [0, 0.1) is 17.7 Å². The number of hydrogen-bond donors (Lipinski definition) is 0. The van der Waals surface area contributed by atoms with Crippen LogP contribution >= 0.6 is 11.6 Å². The number of halogens is 2. The first-order chi connectivity index (χ1) is 13.4. The SMILES string of the molecule is CC(=O)c1ccn(C(=O)N2C[C@H]3C[C@H](OCc4cc(F)cc(Cl)c4)C[C@H]3C2)n1. The molecule has 2 aliphatic rings. The Bertz CT molecular complexity index is 882. The van der Waals surface area contributed by atoms with E-state index in [-0.39, 0.29) is 23.7 Å². The highest BCUT2D eigenvalue weighted by Crippen LogP contribution is 2.40. The van der Waals surface area contributed by atoms with E-state index in [1.165, 1.54) is 29.9 Å². The summed E-state index contributed by atoms with van der Waals surface area (Å²) < 4.78 is 20.6. The third-order valence-corrected chi connectivity index (χ3v) is 5.75. The van der Waals surface area contributed by atoms with Crippen molar-refractivity contribution >= 4 is 23.4 Å². The lowest BCUT2D eigenvalue weighted by Crippen LogP contribution is -2.34. The molecule has 1 saturated heterocycles. The summed E-state index contributed by atoms with van der Waals surface area (Å²) in [5.41, 5.74) is 1.01. The molecular formula is C20H21ClFN3O3. The fourth-order valence-electron chi connectivity index (χ4n) is 4.21. The number of carbonyl (C=O) groups excluding carboxylic acids is 2. The number of likely N-dealkylation sites (tertiary alicyclic amines) is 1. The van der Waals surface area contributed by atoms with Gasteiger partial charge in [0.2, 0.25) is 0 Å². The molecule has 3 atom stereocenters. The van der Waals surface area contributed by atoms with Gasteiger partial charge in [0.25, 0.3) is 0 Å². The Balaban J connectivity index is 1.30. The summed E-state index contributed by atoms with van der Waals surface area (Å²) in [6.07, 6.45) is 3.37. The number of benzene rings is 1. The second kappa shape index (κ2) is 7.64. The summed E-state index contributed by atoms with van der Waals surface area (Å²) in [6.45, 7) is 3.06. The van der Waals surface area contributed by atoms with E-state index in [0.29, 0.717) is 42.2 Å². The van der Waals surface area contributed by atoms with Gasteiger partial charge >= 0.3 is 6.03 Å². The van der Waals surface area contributed by atoms with Crippen molar-refractivity contribution < 1.29 is 18.7 Å². The maximum Gasteiger partial charge on any atom is 0.344 e. The van der Waals surface area contributed by atoms with Crippen LogP contribution in [0.1, 0.15) is 35.8 Å². The molecule has 0 radical (unpaired) electrons. The quantitative estimate of drug-likeness (QED) is 0.726. The van der Waals surface area contributed by atoms with Gasteiger partial charge in [0, 0.05) is 31.2 Å². The first-order valence-electron chi connectivity index (χ1n) is 9.31. The van der Waals surface area contributed by atoms with Crippen LogP contribution in [0.3, 0.4) is 0 Å². The van der Waals surface area contributed by atoms with Crippen LogP contribution in [0.2, 0.25) is 5.02 Å². The normalized spacial score (nSPS) is 23.8. The average molecular weight is 406 g/mol. The zero-order valence-electron chi connectivity index (χ0n) is 15.5. The van der Waals surface area contributed by atoms with Gasteiger partial charge < -0.3 is 9.64 Å². The fraction of sp³-hybridized carbons (Fsp3) is 0.450. The van der Waals surface area contributed by atoms with Crippen LogP contribution in [-0.2, 0) is 11.3 Å². The molecule has 1 aliphatic carbocycles. The number of ketones is 1. The van der Waals surface area contributed by atoms with Gasteiger partial charge in [0.1, 0.15) is 11.5 Å². The van der Waals surface area contributed by atoms with Crippen LogP contribution in [0.4, 0.5) is 9.18 Å². The number of hydrogen-bond acceptors (Lipinski definition) is 4. The number of Topliss-reactive ketones (excluding diaryl/α,β-unsaturated/α-hetero) is 1. The molecule has 0 N–H and O–H groups in total. The van der Waals surface area contributed by atoms with Gasteiger partial charge in [-0.05, 0) is 54.5 Å². The Morgan fingerprint density at radius 3 is 2.57 bits per heavy atom. The van der Waals surface area contributed by atoms with Crippen molar-refractivity contribution in [3.8, 4) is 0 Å². The number of rotatable bonds is 4. The van der Waals surface area contributed by atoms with Crippen LogP contribution in [0.25, 0.3) is 0 Å². The molecule has 1 saturated carbocycles. The summed E-state index contributed by atoms with van der Waals surface area (Å²) in [7, 11) is 0. The number of aromatic nitrogens is 2. The van der Waals surface area contributed by atoms with Gasteiger partial charge in [-0.2, -0.15) is 9.78 Å². The third-order valence-electron chi connectivity index (χ3n) is 5.53. The van der Waals surface area contributed by atoms with Crippen LogP contribution in [0.5, 0.6) is 0 Å². The second-order valence-corrected chi connectivity index (χ2v) is 8.03. The van der Waals surface area contributed by atoms with E-state index >= 15 is 0 Å². The maximum absolute atomic E-state index is 13.4. The van der Waals surface area contributed by atoms with Crippen molar-refractivity contribution in [2.75, 3.05) is 13.1 Å². The average Bonchev–Trinajstić information content (AvgIpc) is 3.33. The van der Waals surface area contributed by atoms with Crippen molar-refractivity contribution in [2.24, 2.45) is 11.8 Å². The van der Waals surface area contributed by atoms with Crippen molar-refractivity contribution in [3.63, 3.8) is 0 Å². The van der Waals surface area contributed by atoms with E-state index in [2.05, 4.69) is 5.10 Å². The zero-order chi connectivity index (χ0) is 19.8. The Morgan fingerprint density at radius 1 is 1.25 bits per heavy atom. The Kier molecular flexibility index (Phi) is 5.21. The first-order valence-corrected chi connectivity index (χ1v) is 9.69. The molecule has 1 aromatic carbocycles. The first kappa shape index (κ1) is 19.1. The molecule has 2 fully saturated rings. The molecule has 2 aromatic rings. The highest BCUT2D eigenvalue weighted by Gasteiger charge is 2.43. The molecule has 1 aliphatic heterocycles. The molecule has 28 heavy (non-hydrogen) atoms. The van der Waals surface area contributed by atoms with Crippen molar-refractivity contribution in [1.82, 2.24) is 14.7 Å². The summed E-state index contributed by atoms with van der Waals surface area (Å²) in [5.74, 6) is 0.236. The Labute approximate surface area is 167 Å². The van der Waals surface area contributed by atoms with Crippen LogP contribution < -0.4 is 0 Å². The fourth-order valence-corrected chi connectivity index (χ4v) is 4.45. The maximum atomic E-state index is 13.4. The number of amides is 1. The van der Waals surface area contributed by atoms with Gasteiger partial charge in [0.05, 0.1) is 12.7 Å². The highest BCUT2D eigenvalue weighted by atomic mass is 35.5. The van der Waals surface area contributed by atoms with E-state index < -0.39 is 0 Å². The lowest BCUT2D eigenvalue weighted by molar-refractivity contribution is 0.0382. The smallest absolute Gasteiger partial charge is 0.344 e. The number of fused-ring (bicyclic) bond motifs is 1. The minimum Gasteiger partial charge on any atom is -0.374 e. The van der Waals surface area contributed by atoms with Crippen LogP contribution in [0.15, 0.2) is 30.5 Å². The number of carbonyl (C=O) groups is 2. The zero-order valence-corrected chi connectivity index (χ0v) is 16.2. The molecule has 0 spiro atoms. The molecule has 0 unspecified atom stereocenters. The molecule has 0 bridgehead atoms. The van der Waals surface area contributed by atoms with E-state index in [0.717, 1.165) is 18.4 Å². The van der Waals surface area contributed by atoms with E-state index in [4.69, 9.17) is 16.3 Å². The molecular weight excluding hydrogens is 385 g/mol. The standard InChI is InChI=1S/C20H21ClFN3O3/c1-12(26)19-2-3-25(23-19)20(27)24-9-14-6-18(7-15(14)10-24)28-11-13-4-16(21)8-17(22)5-13/h2-5,8,14-15,18H,6-7,9-11H2,1H3/t14-,15+,18+. The summed E-state index contributed by atoms with van der Waals surface area (Å²) in [5, 5.41) is 4.41. The van der Waals surface area contributed by atoms with Gasteiger partial charge in [-0.25, -0.2) is 9.18 Å². The second-order valence-electron chi connectivity index (χ2n) is 7.59. The summed E-state index contributed by atoms with van der Waals surface area (Å²) in [4.78, 5) is 25.7. The lowest BCUT2D eigenvalue weighted by Gasteiger charge is -2.19. The van der Waals surface area contributed by atoms with E-state index in [1.54, 1.807) is 17.0 Å². The van der Waals surface area contributed by atoms with Gasteiger partial charge in [-0.15, -0.1) is 0 Å². The van der Waals surface area contributed by atoms with Gasteiger partial charge in [0.15, 0.2) is 5.78 Å². The van der Waals surface area contributed by atoms with Gasteiger partial charge in [-0.3, -0.25) is 4.79 Å². The molecule has 8 heteroatoms. The van der Waals surface area contributed by atoms with E-state index in [9.17, 15) is 14.0 Å². The van der Waals surface area contributed by atoms with Gasteiger partial charge in [-0.1, -0.05) is 11.6 Å². The largest absolute Gasteiger partial charge is 0.374 e. The third kappa shape index (κ3) is 3.95. The molecule has 1 aromatic heterocycles. The van der Waals surface area contributed by atoms with E-state index in [1.807, 2.05) is 0 Å². The highest BCUT2D eigenvalue weighted by molar-refractivity contribution is 6.30. The Morgan fingerprint density at radius 2 is 1.96 bits per heavy atom. The predicted molar refractivity (Wildman–Crippen MR) is 101 cm³/mol. The lowest BCUT2D eigenvalue weighted by atomic mass is 10.0. The molecule has 4 rings (SSSR count). The van der Waals surface area contributed by atoms with Crippen molar-refractivity contribution in [2.45, 2.75) is 32.5 Å². The molecule has 2 heterocycles. The summed E-state index contributed by atoms with van der Waals surface area (Å²) in [6, 6.07) is 5.77. The molecule has 1 amide bonds. The topological polar surface area (TPSA) is 64.4 Å². The molecule has 148 valence electrons. The van der Waals surface area contributed by atoms with Crippen LogP contribution in [-0.4, -0.2) is 45.7 Å². The minimum absolute atomic E-state index is 0.100. The Hall–Kier alpha value is -2.25. The molecule has 6 nitrogen and oxygen atoms in total. The van der Waals surface area contributed by atoms with Crippen molar-refractivity contribution in [1.29, 1.82) is 0 Å². The number of nitrogens with zero attached hydrogens (tertiary/aromatic N) is 3. The number of ether oxygens (including phenoxy) is 1.